The third kappa shape index (κ3) is 4.43. The summed E-state index contributed by atoms with van der Waals surface area (Å²) in [5.41, 5.74) is 2.34. The van der Waals surface area contributed by atoms with Crippen molar-refractivity contribution in [3.05, 3.63) is 64.7 Å². The Labute approximate surface area is 164 Å². The van der Waals surface area contributed by atoms with Gasteiger partial charge in [0.2, 0.25) is 5.91 Å². The van der Waals surface area contributed by atoms with Gasteiger partial charge in [-0.1, -0.05) is 35.9 Å². The highest BCUT2D eigenvalue weighted by molar-refractivity contribution is 6.32. The van der Waals surface area contributed by atoms with Gasteiger partial charge in [0.05, 0.1) is 27.4 Å². The van der Waals surface area contributed by atoms with Gasteiger partial charge in [-0.05, 0) is 29.3 Å². The summed E-state index contributed by atoms with van der Waals surface area (Å²) in [5, 5.41) is 0.577. The second-order valence-corrected chi connectivity index (χ2v) is 6.45. The molecule has 1 aliphatic heterocycles. The van der Waals surface area contributed by atoms with Gasteiger partial charge in [0.1, 0.15) is 0 Å². The molecule has 5 nitrogen and oxygen atoms in total. The fourth-order valence-electron chi connectivity index (χ4n) is 3.00. The van der Waals surface area contributed by atoms with Gasteiger partial charge in [-0.25, -0.2) is 0 Å². The van der Waals surface area contributed by atoms with Crippen molar-refractivity contribution in [2.24, 2.45) is 0 Å². The molecule has 0 bridgehead atoms. The maximum atomic E-state index is 12.8. The van der Waals surface area contributed by atoms with Gasteiger partial charge in [-0.2, -0.15) is 0 Å². The summed E-state index contributed by atoms with van der Waals surface area (Å²) in [7, 11) is 3.17. The van der Waals surface area contributed by atoms with Crippen LogP contribution in [0.5, 0.6) is 11.5 Å². The van der Waals surface area contributed by atoms with Gasteiger partial charge >= 0.3 is 0 Å². The zero-order valence-corrected chi connectivity index (χ0v) is 16.2. The first kappa shape index (κ1) is 19.3. The summed E-state index contributed by atoms with van der Waals surface area (Å²) in [4.78, 5) is 14.6. The number of nitrogens with zero attached hydrogens (tertiary/aromatic N) is 1. The van der Waals surface area contributed by atoms with Crippen LogP contribution >= 0.6 is 11.6 Å². The van der Waals surface area contributed by atoms with E-state index in [0.717, 1.165) is 16.7 Å². The molecule has 0 atom stereocenters. The average Bonchev–Trinajstić information content (AvgIpc) is 2.72. The highest BCUT2D eigenvalue weighted by atomic mass is 35.5. The van der Waals surface area contributed by atoms with Crippen LogP contribution in [0.1, 0.15) is 11.1 Å². The molecule has 0 N–H and O–H groups in total. The number of amides is 1. The van der Waals surface area contributed by atoms with Crippen molar-refractivity contribution in [1.29, 1.82) is 0 Å². The van der Waals surface area contributed by atoms with E-state index in [2.05, 4.69) is 0 Å². The van der Waals surface area contributed by atoms with Gasteiger partial charge in [0.25, 0.3) is 0 Å². The summed E-state index contributed by atoms with van der Waals surface area (Å²) in [6.07, 6.45) is 1.63. The molecule has 6 heteroatoms. The van der Waals surface area contributed by atoms with Crippen LogP contribution in [0.2, 0.25) is 5.02 Å². The fraction of sp³-hybridized carbons (Fsp3) is 0.286. The lowest BCUT2D eigenvalue weighted by atomic mass is 9.96. The Morgan fingerprint density at radius 1 is 1.07 bits per heavy atom. The maximum Gasteiger partial charge on any atom is 0.247 e. The van der Waals surface area contributed by atoms with E-state index < -0.39 is 0 Å². The normalized spacial score (nSPS) is 14.8. The van der Waals surface area contributed by atoms with Crippen LogP contribution < -0.4 is 9.47 Å². The molecule has 0 aliphatic carbocycles. The van der Waals surface area contributed by atoms with Gasteiger partial charge in [0.15, 0.2) is 11.5 Å². The number of hydrogen-bond acceptors (Lipinski definition) is 4. The number of hydrogen-bond donors (Lipinski definition) is 0. The van der Waals surface area contributed by atoms with Crippen molar-refractivity contribution < 1.29 is 19.0 Å². The number of benzene rings is 2. The Kier molecular flexibility index (Phi) is 6.37. The topological polar surface area (TPSA) is 48.0 Å². The first-order valence-corrected chi connectivity index (χ1v) is 9.07. The molecule has 27 heavy (non-hydrogen) atoms. The van der Waals surface area contributed by atoms with E-state index in [9.17, 15) is 4.79 Å². The molecule has 0 unspecified atom stereocenters. The Morgan fingerprint density at radius 2 is 1.78 bits per heavy atom. The number of ether oxygens (including phenoxy) is 3. The van der Waals surface area contributed by atoms with E-state index in [0.29, 0.717) is 42.8 Å². The van der Waals surface area contributed by atoms with Crippen molar-refractivity contribution in [3.8, 4) is 11.5 Å². The van der Waals surface area contributed by atoms with Gasteiger partial charge < -0.3 is 19.1 Å². The Balaban J connectivity index is 2.06. The second kappa shape index (κ2) is 8.93. The predicted octanol–water partition coefficient (Wildman–Crippen LogP) is 3.65. The monoisotopic (exact) mass is 387 g/mol. The molecule has 1 heterocycles. The SMILES string of the molecule is COc1ccc(/C(=C\C(=O)N2CCOCC2)c2ccccc2Cl)cc1OC. The van der Waals surface area contributed by atoms with Crippen molar-refractivity contribution >= 4 is 23.1 Å². The van der Waals surface area contributed by atoms with E-state index in [4.69, 9.17) is 25.8 Å². The lowest BCUT2D eigenvalue weighted by Crippen LogP contribution is -2.39. The summed E-state index contributed by atoms with van der Waals surface area (Å²) >= 11 is 6.43. The third-order valence-corrected chi connectivity index (χ3v) is 4.78. The smallest absolute Gasteiger partial charge is 0.247 e. The van der Waals surface area contributed by atoms with E-state index >= 15 is 0 Å². The summed E-state index contributed by atoms with van der Waals surface area (Å²) in [5.74, 6) is 1.15. The Hall–Kier alpha value is -2.50. The first-order valence-electron chi connectivity index (χ1n) is 8.69. The molecule has 1 aliphatic rings. The zero-order valence-electron chi connectivity index (χ0n) is 15.4. The van der Waals surface area contributed by atoms with Gasteiger partial charge in [-0.15, -0.1) is 0 Å². The quantitative estimate of drug-likeness (QED) is 0.735. The molecule has 3 rings (SSSR count). The van der Waals surface area contributed by atoms with E-state index in [1.807, 2.05) is 42.5 Å². The predicted molar refractivity (Wildman–Crippen MR) is 105 cm³/mol. The summed E-state index contributed by atoms with van der Waals surface area (Å²) < 4.78 is 16.1. The molecule has 1 fully saturated rings. The van der Waals surface area contributed by atoms with Crippen LogP contribution in [0, 0.1) is 0 Å². The first-order chi connectivity index (χ1) is 13.1. The Morgan fingerprint density at radius 3 is 2.44 bits per heavy atom. The fourth-order valence-corrected chi connectivity index (χ4v) is 3.24. The lowest BCUT2D eigenvalue weighted by molar-refractivity contribution is -0.129. The van der Waals surface area contributed by atoms with Gasteiger partial charge in [-0.3, -0.25) is 4.79 Å². The highest BCUT2D eigenvalue weighted by Crippen LogP contribution is 2.35. The molecule has 0 saturated carbocycles. The molecule has 0 radical (unpaired) electrons. The molecular weight excluding hydrogens is 366 g/mol. The second-order valence-electron chi connectivity index (χ2n) is 6.05. The largest absolute Gasteiger partial charge is 0.493 e. The number of carbonyl (C=O) groups excluding carboxylic acids is 1. The molecule has 0 aromatic heterocycles. The highest BCUT2D eigenvalue weighted by Gasteiger charge is 2.18. The minimum absolute atomic E-state index is 0.0667. The number of rotatable bonds is 5. The maximum absolute atomic E-state index is 12.8. The molecule has 142 valence electrons. The third-order valence-electron chi connectivity index (χ3n) is 4.45. The van der Waals surface area contributed by atoms with Crippen LogP contribution in [0.3, 0.4) is 0 Å². The van der Waals surface area contributed by atoms with E-state index in [1.165, 1.54) is 0 Å². The minimum atomic E-state index is -0.0667. The number of methoxy groups -OCH3 is 2. The van der Waals surface area contributed by atoms with Gasteiger partial charge in [0, 0.05) is 29.8 Å². The zero-order chi connectivity index (χ0) is 19.2. The minimum Gasteiger partial charge on any atom is -0.493 e. The summed E-state index contributed by atoms with van der Waals surface area (Å²) in [6.45, 7) is 2.27. The van der Waals surface area contributed by atoms with Crippen LogP contribution in [-0.4, -0.2) is 51.3 Å². The van der Waals surface area contributed by atoms with Crippen LogP contribution in [0.15, 0.2) is 48.5 Å². The number of carbonyl (C=O) groups is 1. The molecular formula is C21H22ClNO4. The van der Waals surface area contributed by atoms with Crippen molar-refractivity contribution in [1.82, 2.24) is 4.90 Å². The molecule has 1 saturated heterocycles. The van der Waals surface area contributed by atoms with Crippen molar-refractivity contribution in [2.75, 3.05) is 40.5 Å². The number of morpholine rings is 1. The lowest BCUT2D eigenvalue weighted by Gasteiger charge is -2.26. The molecule has 2 aromatic carbocycles. The van der Waals surface area contributed by atoms with Crippen LogP contribution in [0.4, 0.5) is 0 Å². The van der Waals surface area contributed by atoms with Crippen molar-refractivity contribution in [2.45, 2.75) is 0 Å². The Bertz CT molecular complexity index is 844. The molecule has 2 aromatic rings. The van der Waals surface area contributed by atoms with Crippen LogP contribution in [-0.2, 0) is 9.53 Å². The van der Waals surface area contributed by atoms with Crippen molar-refractivity contribution in [3.63, 3.8) is 0 Å². The van der Waals surface area contributed by atoms with E-state index in [1.54, 1.807) is 25.2 Å². The summed E-state index contributed by atoms with van der Waals surface area (Å²) in [6, 6.07) is 13.0. The van der Waals surface area contributed by atoms with Crippen LogP contribution in [0.25, 0.3) is 5.57 Å². The number of halogens is 1. The molecule has 1 amide bonds. The standard InChI is InChI=1S/C21H22ClNO4/c1-25-19-8-7-15(13-20(19)26-2)17(16-5-3-4-6-18(16)22)14-21(24)23-9-11-27-12-10-23/h3-8,13-14H,9-12H2,1-2H3/b17-14+. The molecule has 0 spiro atoms. The average molecular weight is 388 g/mol. The van der Waals surface area contributed by atoms with E-state index in [-0.39, 0.29) is 5.91 Å².